The monoisotopic (exact) mass is 210 g/mol. The number of nitrogens with zero attached hydrogens (tertiary/aromatic N) is 2. The molecule has 0 aromatic carbocycles. The van der Waals surface area contributed by atoms with E-state index in [1.54, 1.807) is 4.90 Å². The van der Waals surface area contributed by atoms with Crippen LogP contribution in [0, 0.1) is 17.2 Å². The summed E-state index contributed by atoms with van der Waals surface area (Å²) in [6.07, 6.45) is 3.47. The number of carbonyl (C=O) groups excluding carboxylic acids is 1. The van der Waals surface area contributed by atoms with Gasteiger partial charge >= 0.3 is 0 Å². The van der Waals surface area contributed by atoms with E-state index >= 15 is 0 Å². The summed E-state index contributed by atoms with van der Waals surface area (Å²) >= 11 is 0. The first kappa shape index (κ1) is 12.0. The summed E-state index contributed by atoms with van der Waals surface area (Å²) in [7, 11) is 0. The smallest absolute Gasteiger partial charge is 0.240 e. The van der Waals surface area contributed by atoms with Gasteiger partial charge in [0, 0.05) is 12.6 Å². The second-order valence-electron chi connectivity index (χ2n) is 3.96. The number of amides is 1. The first-order chi connectivity index (χ1) is 7.24. The molecule has 1 rings (SSSR count). The number of aliphatic hydroxyl groups is 1. The van der Waals surface area contributed by atoms with Crippen LogP contribution in [0.2, 0.25) is 0 Å². The molecule has 1 N–H and O–H groups in total. The molecule has 1 fully saturated rings. The van der Waals surface area contributed by atoms with Crippen molar-refractivity contribution in [2.75, 3.05) is 13.2 Å². The van der Waals surface area contributed by atoms with Crippen molar-refractivity contribution < 1.29 is 9.90 Å². The molecule has 1 atom stereocenters. The van der Waals surface area contributed by atoms with Crippen molar-refractivity contribution in [1.82, 2.24) is 4.90 Å². The van der Waals surface area contributed by atoms with Crippen LogP contribution in [-0.2, 0) is 4.79 Å². The summed E-state index contributed by atoms with van der Waals surface area (Å²) in [5.74, 6) is -0.627. The highest BCUT2D eigenvalue weighted by atomic mass is 16.3. The van der Waals surface area contributed by atoms with E-state index in [9.17, 15) is 4.79 Å². The normalized spacial score (nSPS) is 16.9. The molecular formula is C11H18N2O2. The molecule has 1 saturated carbocycles. The van der Waals surface area contributed by atoms with Crippen molar-refractivity contribution in [3.63, 3.8) is 0 Å². The van der Waals surface area contributed by atoms with Gasteiger partial charge < -0.3 is 10.0 Å². The van der Waals surface area contributed by atoms with Gasteiger partial charge in [-0.25, -0.2) is 0 Å². The topological polar surface area (TPSA) is 64.3 Å². The SMILES string of the molecule is CCCC(C#N)C(=O)N(CCO)C1CC1. The molecule has 0 heterocycles. The van der Waals surface area contributed by atoms with Gasteiger partial charge in [-0.15, -0.1) is 0 Å². The summed E-state index contributed by atoms with van der Waals surface area (Å²) in [6.45, 7) is 2.31. The van der Waals surface area contributed by atoms with Crippen LogP contribution >= 0.6 is 0 Å². The Morgan fingerprint density at radius 1 is 1.67 bits per heavy atom. The molecule has 1 unspecified atom stereocenters. The Hall–Kier alpha value is -1.08. The van der Waals surface area contributed by atoms with Gasteiger partial charge in [0.25, 0.3) is 0 Å². The summed E-state index contributed by atoms with van der Waals surface area (Å²) < 4.78 is 0. The zero-order chi connectivity index (χ0) is 11.3. The van der Waals surface area contributed by atoms with E-state index in [0.717, 1.165) is 19.3 Å². The molecule has 0 aliphatic heterocycles. The third-order valence-corrected chi connectivity index (χ3v) is 2.64. The molecule has 0 aromatic heterocycles. The van der Waals surface area contributed by atoms with Crippen LogP contribution < -0.4 is 0 Å². The lowest BCUT2D eigenvalue weighted by molar-refractivity contribution is -0.135. The van der Waals surface area contributed by atoms with Gasteiger partial charge in [-0.05, 0) is 19.3 Å². The van der Waals surface area contributed by atoms with E-state index < -0.39 is 5.92 Å². The lowest BCUT2D eigenvalue weighted by Crippen LogP contribution is -2.39. The summed E-state index contributed by atoms with van der Waals surface area (Å²) in [5.41, 5.74) is 0. The third-order valence-electron chi connectivity index (χ3n) is 2.64. The number of hydrogen-bond acceptors (Lipinski definition) is 3. The van der Waals surface area contributed by atoms with Gasteiger partial charge in [0.1, 0.15) is 5.92 Å². The van der Waals surface area contributed by atoms with Crippen molar-refractivity contribution in [1.29, 1.82) is 5.26 Å². The van der Waals surface area contributed by atoms with Crippen molar-refractivity contribution in [3.8, 4) is 6.07 Å². The maximum absolute atomic E-state index is 11.9. The second-order valence-corrected chi connectivity index (χ2v) is 3.96. The minimum atomic E-state index is -0.526. The van der Waals surface area contributed by atoms with Crippen LogP contribution in [0.4, 0.5) is 0 Å². The van der Waals surface area contributed by atoms with Crippen LogP contribution in [0.25, 0.3) is 0 Å². The van der Waals surface area contributed by atoms with Crippen LogP contribution in [0.5, 0.6) is 0 Å². The van der Waals surface area contributed by atoms with Gasteiger partial charge in [0.15, 0.2) is 0 Å². The molecule has 1 aliphatic carbocycles. The fraction of sp³-hybridized carbons (Fsp3) is 0.818. The molecule has 4 nitrogen and oxygen atoms in total. The number of carbonyl (C=O) groups is 1. The van der Waals surface area contributed by atoms with Crippen molar-refractivity contribution in [2.24, 2.45) is 5.92 Å². The summed E-state index contributed by atoms with van der Waals surface area (Å²) in [5, 5.41) is 17.8. The molecule has 0 bridgehead atoms. The average Bonchev–Trinajstić information content (AvgIpc) is 3.05. The lowest BCUT2D eigenvalue weighted by Gasteiger charge is -2.23. The lowest BCUT2D eigenvalue weighted by atomic mass is 10.0. The average molecular weight is 210 g/mol. The Balaban J connectivity index is 2.57. The molecule has 4 heteroatoms. The number of nitriles is 1. The fourth-order valence-electron chi connectivity index (χ4n) is 1.70. The number of hydrogen-bond donors (Lipinski definition) is 1. The van der Waals surface area contributed by atoms with E-state index in [1.165, 1.54) is 0 Å². The molecule has 15 heavy (non-hydrogen) atoms. The minimum absolute atomic E-state index is 0.0213. The van der Waals surface area contributed by atoms with Crippen molar-refractivity contribution >= 4 is 5.91 Å². The molecule has 1 amide bonds. The van der Waals surface area contributed by atoms with Crippen LogP contribution in [0.15, 0.2) is 0 Å². The Bertz CT molecular complexity index is 256. The highest BCUT2D eigenvalue weighted by Crippen LogP contribution is 2.28. The third kappa shape index (κ3) is 3.21. The molecule has 0 saturated heterocycles. The highest BCUT2D eigenvalue weighted by Gasteiger charge is 2.35. The first-order valence-corrected chi connectivity index (χ1v) is 5.55. The summed E-state index contributed by atoms with van der Waals surface area (Å²) in [6, 6.07) is 2.33. The predicted molar refractivity (Wildman–Crippen MR) is 55.8 cm³/mol. The first-order valence-electron chi connectivity index (χ1n) is 5.55. The second kappa shape index (κ2) is 5.72. The quantitative estimate of drug-likeness (QED) is 0.708. The Morgan fingerprint density at radius 2 is 2.33 bits per heavy atom. The van der Waals surface area contributed by atoms with Gasteiger partial charge in [0.05, 0.1) is 12.7 Å². The minimum Gasteiger partial charge on any atom is -0.395 e. The van der Waals surface area contributed by atoms with E-state index in [2.05, 4.69) is 6.07 Å². The summed E-state index contributed by atoms with van der Waals surface area (Å²) in [4.78, 5) is 13.6. The number of rotatable bonds is 6. The van der Waals surface area contributed by atoms with Gasteiger partial charge in [-0.2, -0.15) is 5.26 Å². The zero-order valence-electron chi connectivity index (χ0n) is 9.15. The highest BCUT2D eigenvalue weighted by molar-refractivity contribution is 5.81. The van der Waals surface area contributed by atoms with E-state index in [0.29, 0.717) is 13.0 Å². The van der Waals surface area contributed by atoms with Crippen molar-refractivity contribution in [2.45, 2.75) is 38.6 Å². The molecular weight excluding hydrogens is 192 g/mol. The largest absolute Gasteiger partial charge is 0.395 e. The molecule has 0 radical (unpaired) electrons. The van der Waals surface area contributed by atoms with Crippen LogP contribution in [0.1, 0.15) is 32.6 Å². The maximum Gasteiger partial charge on any atom is 0.240 e. The molecule has 0 aromatic rings. The maximum atomic E-state index is 11.9. The predicted octanol–water partition coefficient (Wildman–Crippen LogP) is 0.910. The zero-order valence-corrected chi connectivity index (χ0v) is 9.15. The van der Waals surface area contributed by atoms with E-state index in [1.807, 2.05) is 6.92 Å². The standard InChI is InChI=1S/C11H18N2O2/c1-2-3-9(8-12)11(15)13(6-7-14)10-4-5-10/h9-10,14H,2-7H2,1H3. The molecule has 84 valence electrons. The fourth-order valence-corrected chi connectivity index (χ4v) is 1.70. The Labute approximate surface area is 90.5 Å². The molecule has 0 spiro atoms. The van der Waals surface area contributed by atoms with Crippen LogP contribution in [0.3, 0.4) is 0 Å². The van der Waals surface area contributed by atoms with Crippen LogP contribution in [-0.4, -0.2) is 35.1 Å². The van der Waals surface area contributed by atoms with Gasteiger partial charge in [-0.3, -0.25) is 4.79 Å². The Kier molecular flexibility index (Phi) is 4.57. The molecule has 1 aliphatic rings. The van der Waals surface area contributed by atoms with Gasteiger partial charge in [-0.1, -0.05) is 13.3 Å². The number of aliphatic hydroxyl groups excluding tert-OH is 1. The van der Waals surface area contributed by atoms with E-state index in [-0.39, 0.29) is 18.6 Å². The van der Waals surface area contributed by atoms with Crippen molar-refractivity contribution in [3.05, 3.63) is 0 Å². The van der Waals surface area contributed by atoms with Gasteiger partial charge in [0.2, 0.25) is 5.91 Å². The van der Waals surface area contributed by atoms with E-state index in [4.69, 9.17) is 10.4 Å². The Morgan fingerprint density at radius 3 is 2.73 bits per heavy atom.